The van der Waals surface area contributed by atoms with Crippen LogP contribution in [-0.4, -0.2) is 66.2 Å². The highest BCUT2D eigenvalue weighted by Gasteiger charge is 2.17. The summed E-state index contributed by atoms with van der Waals surface area (Å²) in [6, 6.07) is 4.14. The van der Waals surface area contributed by atoms with Crippen molar-refractivity contribution in [2.75, 3.05) is 62.8 Å². The van der Waals surface area contributed by atoms with Crippen molar-refractivity contribution >= 4 is 35.1 Å². The second kappa shape index (κ2) is 9.42. The summed E-state index contributed by atoms with van der Waals surface area (Å²) in [6.45, 7) is 5.71. The maximum Gasteiger partial charge on any atom is 0.187 e. The van der Waals surface area contributed by atoms with E-state index in [9.17, 15) is 0 Å². The van der Waals surface area contributed by atoms with E-state index in [1.807, 2.05) is 25.9 Å². The topological polar surface area (TPSA) is 69.5 Å². The predicted octanol–water partition coefficient (Wildman–Crippen LogP) is 1.95. The van der Waals surface area contributed by atoms with Gasteiger partial charge in [0.1, 0.15) is 11.5 Å². The number of nitrogens with zero attached hydrogens (tertiary/aromatic N) is 4. The molecule has 9 heteroatoms. The molecule has 7 nitrogen and oxygen atoms in total. The lowest BCUT2D eigenvalue weighted by molar-refractivity contribution is 0.344. The van der Waals surface area contributed by atoms with Gasteiger partial charge in [0.25, 0.3) is 0 Å². The fourth-order valence-corrected chi connectivity index (χ4v) is 3.99. The van der Waals surface area contributed by atoms with Gasteiger partial charge in [0.2, 0.25) is 0 Å². The van der Waals surface area contributed by atoms with Crippen molar-refractivity contribution in [3.05, 3.63) is 23.7 Å². The van der Waals surface area contributed by atoms with Gasteiger partial charge in [-0.05, 0) is 26.2 Å². The zero-order chi connectivity index (χ0) is 17.5. The predicted molar refractivity (Wildman–Crippen MR) is 106 cm³/mol. The Hall–Kier alpha value is -1.29. The van der Waals surface area contributed by atoms with Crippen molar-refractivity contribution < 1.29 is 4.42 Å². The molecule has 0 bridgehead atoms. The third-order valence-electron chi connectivity index (χ3n) is 3.86. The molecule has 1 aliphatic heterocycles. The molecular formula is C16H26N6OS2. The van der Waals surface area contributed by atoms with E-state index < -0.39 is 0 Å². The maximum absolute atomic E-state index is 5.83. The van der Waals surface area contributed by atoms with Gasteiger partial charge < -0.3 is 24.9 Å². The molecule has 1 saturated heterocycles. The van der Waals surface area contributed by atoms with Crippen molar-refractivity contribution in [3.8, 4) is 0 Å². The van der Waals surface area contributed by atoms with Gasteiger partial charge in [-0.1, -0.05) is 0 Å². The number of thioether (sulfide) groups is 1. The summed E-state index contributed by atoms with van der Waals surface area (Å²) < 4.78 is 14.7. The van der Waals surface area contributed by atoms with E-state index in [0.717, 1.165) is 73.9 Å². The van der Waals surface area contributed by atoms with Crippen molar-refractivity contribution in [1.82, 2.24) is 19.0 Å². The quantitative estimate of drug-likeness (QED) is 0.638. The summed E-state index contributed by atoms with van der Waals surface area (Å²) in [5.41, 5.74) is 0. The molecule has 0 unspecified atom stereocenters. The molecule has 2 N–H and O–H groups in total. The minimum absolute atomic E-state index is 0.845. The van der Waals surface area contributed by atoms with Crippen LogP contribution in [-0.2, 0) is 12.3 Å². The lowest BCUT2D eigenvalue weighted by Crippen LogP contribution is -2.43. The minimum atomic E-state index is 0.845. The summed E-state index contributed by atoms with van der Waals surface area (Å²) in [4.78, 5) is 4.40. The van der Waals surface area contributed by atoms with Gasteiger partial charge in [-0.2, -0.15) is 20.5 Å². The second-order valence-corrected chi connectivity index (χ2v) is 7.89. The first-order valence-corrected chi connectivity index (χ1v) is 10.4. The lowest BCUT2D eigenvalue weighted by Gasteiger charge is -2.27. The number of furan rings is 1. The summed E-state index contributed by atoms with van der Waals surface area (Å²) >= 11 is 3.14. The smallest absolute Gasteiger partial charge is 0.187 e. The highest BCUT2D eigenvalue weighted by molar-refractivity contribution is 7.98. The van der Waals surface area contributed by atoms with Crippen molar-refractivity contribution in [1.29, 1.82) is 0 Å². The largest absolute Gasteiger partial charge is 0.464 e. The average molecular weight is 383 g/mol. The van der Waals surface area contributed by atoms with Crippen LogP contribution in [0.15, 0.2) is 16.5 Å². The van der Waals surface area contributed by atoms with Crippen LogP contribution >= 0.6 is 23.5 Å². The van der Waals surface area contributed by atoms with Gasteiger partial charge in [-0.3, -0.25) is 0 Å². The molecule has 138 valence electrons. The van der Waals surface area contributed by atoms with Crippen LogP contribution in [0, 0.1) is 0 Å². The molecule has 3 heterocycles. The minimum Gasteiger partial charge on any atom is -0.464 e. The molecule has 0 aromatic carbocycles. The number of hydrogen-bond donors (Lipinski definition) is 2. The van der Waals surface area contributed by atoms with Gasteiger partial charge in [-0.25, -0.2) is 0 Å². The van der Waals surface area contributed by atoms with E-state index in [1.165, 1.54) is 11.7 Å². The molecule has 2 aromatic heterocycles. The Morgan fingerprint density at radius 3 is 2.88 bits per heavy atom. The summed E-state index contributed by atoms with van der Waals surface area (Å²) in [5, 5.41) is 6.79. The molecule has 0 saturated carbocycles. The molecule has 0 atom stereocenters. The van der Waals surface area contributed by atoms with E-state index >= 15 is 0 Å². The molecule has 1 fully saturated rings. The maximum atomic E-state index is 5.83. The summed E-state index contributed by atoms with van der Waals surface area (Å²) in [5.74, 6) is 5.87. The van der Waals surface area contributed by atoms with Crippen molar-refractivity contribution in [2.45, 2.75) is 12.3 Å². The SMILES string of the molecule is CN(C)Cc1ccc(CSCCNc2nsnc2N2CCNCC2)o1. The number of anilines is 2. The normalized spacial score (nSPS) is 15.1. The van der Waals surface area contributed by atoms with E-state index in [2.05, 4.69) is 41.3 Å². The van der Waals surface area contributed by atoms with Gasteiger partial charge in [0.15, 0.2) is 11.6 Å². The molecule has 3 rings (SSSR count). The van der Waals surface area contributed by atoms with Crippen LogP contribution in [0.25, 0.3) is 0 Å². The molecule has 0 aliphatic carbocycles. The highest BCUT2D eigenvalue weighted by Crippen LogP contribution is 2.23. The molecular weight excluding hydrogens is 356 g/mol. The van der Waals surface area contributed by atoms with Gasteiger partial charge in [-0.15, -0.1) is 0 Å². The average Bonchev–Trinajstić information content (AvgIpc) is 3.24. The van der Waals surface area contributed by atoms with Crippen molar-refractivity contribution in [3.63, 3.8) is 0 Å². The van der Waals surface area contributed by atoms with E-state index in [1.54, 1.807) is 0 Å². The number of rotatable bonds is 9. The number of hydrogen-bond acceptors (Lipinski definition) is 9. The molecule has 0 radical (unpaired) electrons. The Morgan fingerprint density at radius 2 is 2.08 bits per heavy atom. The first-order chi connectivity index (χ1) is 12.2. The second-order valence-electron chi connectivity index (χ2n) is 6.26. The number of piperazine rings is 1. The summed E-state index contributed by atoms with van der Waals surface area (Å²) in [6.07, 6.45) is 0. The number of aromatic nitrogens is 2. The van der Waals surface area contributed by atoms with Crippen LogP contribution in [0.2, 0.25) is 0 Å². The van der Waals surface area contributed by atoms with Gasteiger partial charge in [0, 0.05) is 38.5 Å². The van der Waals surface area contributed by atoms with Gasteiger partial charge >= 0.3 is 0 Å². The van der Waals surface area contributed by atoms with Crippen molar-refractivity contribution in [2.24, 2.45) is 0 Å². The van der Waals surface area contributed by atoms with Gasteiger partial charge in [0.05, 0.1) is 24.0 Å². The summed E-state index contributed by atoms with van der Waals surface area (Å²) in [7, 11) is 4.09. The van der Waals surface area contributed by atoms with Crippen LogP contribution in [0.3, 0.4) is 0 Å². The Morgan fingerprint density at radius 1 is 1.28 bits per heavy atom. The van der Waals surface area contributed by atoms with Crippen LogP contribution in [0.4, 0.5) is 11.6 Å². The van der Waals surface area contributed by atoms with E-state index in [4.69, 9.17) is 4.42 Å². The molecule has 25 heavy (non-hydrogen) atoms. The van der Waals surface area contributed by atoms with Crippen LogP contribution in [0.5, 0.6) is 0 Å². The fourth-order valence-electron chi connectivity index (χ4n) is 2.69. The molecule has 0 spiro atoms. The molecule has 2 aromatic rings. The fraction of sp³-hybridized carbons (Fsp3) is 0.625. The Balaban J connectivity index is 1.37. The molecule has 1 aliphatic rings. The molecule has 0 amide bonds. The third kappa shape index (κ3) is 5.60. The zero-order valence-corrected chi connectivity index (χ0v) is 16.5. The Kier molecular flexibility index (Phi) is 6.97. The monoisotopic (exact) mass is 382 g/mol. The standard InChI is InChI=1S/C16H26N6OS2/c1-21(2)11-13-3-4-14(23-13)12-24-10-7-18-15-16(20-25-19-15)22-8-5-17-6-9-22/h3-4,17H,5-12H2,1-2H3,(H,18,19). The Bertz CT molecular complexity index is 638. The Labute approximate surface area is 157 Å². The first-order valence-electron chi connectivity index (χ1n) is 8.54. The first kappa shape index (κ1) is 18.5. The zero-order valence-electron chi connectivity index (χ0n) is 14.8. The van der Waals surface area contributed by atoms with Crippen LogP contribution in [0.1, 0.15) is 11.5 Å². The lowest BCUT2D eigenvalue weighted by atomic mass is 10.3. The van der Waals surface area contributed by atoms with E-state index in [0.29, 0.717) is 0 Å². The third-order valence-corrected chi connectivity index (χ3v) is 5.36. The van der Waals surface area contributed by atoms with E-state index in [-0.39, 0.29) is 0 Å². The number of nitrogens with one attached hydrogen (secondary N) is 2. The highest BCUT2D eigenvalue weighted by atomic mass is 32.2. The van der Waals surface area contributed by atoms with Crippen LogP contribution < -0.4 is 15.5 Å².